The van der Waals surface area contributed by atoms with Gasteiger partial charge in [0, 0.05) is 0 Å². The number of alkyl halides is 15. The molecule has 0 radical (unpaired) electrons. The molecule has 0 aliphatic rings. The summed E-state index contributed by atoms with van der Waals surface area (Å²) in [7, 11) is -8.14. The van der Waals surface area contributed by atoms with E-state index in [9.17, 15) is 80.2 Å². The monoisotopic (exact) mass is 498 g/mol. The summed E-state index contributed by atoms with van der Waals surface area (Å²) in [5, 5.41) is -13.6. The Morgan fingerprint density at radius 3 is 0.767 bits per heavy atom. The van der Waals surface area contributed by atoms with Gasteiger partial charge in [-0.15, -0.1) is 0 Å². The second-order valence-corrected chi connectivity index (χ2v) is 9.34. The van der Waals surface area contributed by atoms with Gasteiger partial charge in [-0.05, 0) is 6.04 Å². The number of halogens is 15. The minimum atomic E-state index is -8.14. The third-order valence-corrected chi connectivity index (χ3v) is 7.95. The van der Waals surface area contributed by atoms with Gasteiger partial charge in [0.25, 0.3) is 0 Å². The molecule has 0 bridgehead atoms. The van der Waals surface area contributed by atoms with Crippen LogP contribution in [0, 0.1) is 0 Å². The van der Waals surface area contributed by atoms with E-state index in [0.29, 0.717) is 0 Å². The first-order valence-corrected chi connectivity index (χ1v) is 8.96. The van der Waals surface area contributed by atoms with Crippen LogP contribution >= 0.6 is 0 Å². The lowest BCUT2D eigenvalue weighted by Crippen LogP contribution is -2.75. The van der Waals surface area contributed by atoms with Crippen LogP contribution < -0.4 is 0 Å². The van der Waals surface area contributed by atoms with Crippen LogP contribution in [0.2, 0.25) is 6.04 Å². The van der Waals surface area contributed by atoms with E-state index in [1.807, 2.05) is 0 Å². The minimum Gasteiger partial charge on any atom is -0.297 e. The van der Waals surface area contributed by atoms with Crippen LogP contribution in [0.5, 0.6) is 0 Å². The van der Waals surface area contributed by atoms with E-state index in [-0.39, 0.29) is 6.92 Å². The van der Waals surface area contributed by atoms with Crippen LogP contribution in [0.25, 0.3) is 0 Å². The molecule has 0 saturated heterocycles. The van der Waals surface area contributed by atoms with Crippen molar-refractivity contribution in [3.8, 4) is 0 Å². The van der Waals surface area contributed by atoms with E-state index in [4.69, 9.17) is 0 Å². The fraction of sp³-hybridized carbons (Fsp3) is 0.727. The van der Waals surface area contributed by atoms with Gasteiger partial charge in [0.05, 0.1) is 0 Å². The van der Waals surface area contributed by atoms with Gasteiger partial charge in [-0.1, -0.05) is 6.92 Å². The van der Waals surface area contributed by atoms with E-state index in [1.54, 1.807) is 0 Å². The Labute approximate surface area is 155 Å². The Hall–Kier alpha value is -1.82. The van der Waals surface area contributed by atoms with E-state index < -0.39 is 66.6 Å². The molecule has 0 amide bonds. The van der Waals surface area contributed by atoms with Crippen molar-refractivity contribution in [2.24, 2.45) is 0 Å². The highest BCUT2D eigenvalue weighted by atomic mass is 28.3. The van der Waals surface area contributed by atoms with Crippen LogP contribution in [0.4, 0.5) is 65.9 Å². The van der Waals surface area contributed by atoms with Crippen LogP contribution in [0.3, 0.4) is 0 Å². The molecule has 0 aromatic rings. The molecule has 0 aromatic carbocycles. The van der Waals surface area contributed by atoms with Gasteiger partial charge in [-0.25, -0.2) is 0 Å². The first kappa shape index (κ1) is 28.2. The normalized spacial score (nSPS) is 15.2. The van der Waals surface area contributed by atoms with E-state index in [2.05, 4.69) is 0 Å². The van der Waals surface area contributed by atoms with Crippen molar-refractivity contribution >= 4 is 24.3 Å². The molecular formula is C11H5F15O3Si. The lowest BCUT2D eigenvalue weighted by atomic mass is 10.3. The van der Waals surface area contributed by atoms with Crippen LogP contribution in [0.15, 0.2) is 0 Å². The largest absolute Gasteiger partial charge is 0.460 e. The number of hydrogen-bond acceptors (Lipinski definition) is 3. The Morgan fingerprint density at radius 2 is 0.667 bits per heavy atom. The molecule has 19 heteroatoms. The minimum absolute atomic E-state index is 0.217. The summed E-state index contributed by atoms with van der Waals surface area (Å²) in [5.74, 6) is -21.6. The molecule has 0 saturated carbocycles. The summed E-state index contributed by atoms with van der Waals surface area (Å²) >= 11 is 0. The second kappa shape index (κ2) is 7.40. The van der Waals surface area contributed by atoms with Crippen LogP contribution in [0.1, 0.15) is 6.92 Å². The van der Waals surface area contributed by atoms with Gasteiger partial charge in [-0.3, -0.25) is 14.4 Å². The molecule has 30 heavy (non-hydrogen) atoms. The van der Waals surface area contributed by atoms with Crippen molar-refractivity contribution in [3.05, 3.63) is 0 Å². The first-order chi connectivity index (χ1) is 12.8. The number of carbonyl (C=O) groups excluding carboxylic acids is 3. The van der Waals surface area contributed by atoms with Crippen molar-refractivity contribution < 1.29 is 80.2 Å². The quantitative estimate of drug-likeness (QED) is 0.387. The highest BCUT2D eigenvalue weighted by Gasteiger charge is 2.82. The molecule has 0 aliphatic heterocycles. The predicted molar refractivity (Wildman–Crippen MR) is 64.3 cm³/mol. The Morgan fingerprint density at radius 1 is 0.500 bits per heavy atom. The molecule has 0 aromatic heterocycles. The van der Waals surface area contributed by atoms with E-state index >= 15 is 0 Å². The van der Waals surface area contributed by atoms with Crippen LogP contribution in [-0.2, 0) is 14.4 Å². The van der Waals surface area contributed by atoms with Crippen molar-refractivity contribution in [3.63, 3.8) is 0 Å². The topological polar surface area (TPSA) is 51.2 Å². The maximum absolute atomic E-state index is 13.3. The van der Waals surface area contributed by atoms with Gasteiger partial charge in [0.2, 0.25) is 16.2 Å². The lowest BCUT2D eigenvalue weighted by Gasteiger charge is -2.35. The zero-order valence-electron chi connectivity index (χ0n) is 13.6. The smallest absolute Gasteiger partial charge is 0.297 e. The highest BCUT2D eigenvalue weighted by Crippen LogP contribution is 2.47. The highest BCUT2D eigenvalue weighted by molar-refractivity contribution is 7.41. The van der Waals surface area contributed by atoms with E-state index in [1.165, 1.54) is 0 Å². The summed E-state index contributed by atoms with van der Waals surface area (Å²) in [6, 6.07) is -2.62. The molecule has 0 heterocycles. The predicted octanol–water partition coefficient (Wildman–Crippen LogP) is 4.37. The van der Waals surface area contributed by atoms with Gasteiger partial charge in [-0.2, -0.15) is 65.9 Å². The van der Waals surface area contributed by atoms with Gasteiger partial charge in [0.15, 0.2) is 0 Å². The molecule has 0 rings (SSSR count). The molecule has 0 aliphatic carbocycles. The molecule has 0 N–H and O–H groups in total. The number of carbonyl (C=O) groups is 3. The maximum Gasteiger partial charge on any atom is 0.460 e. The Balaban J connectivity index is 7.35. The molecule has 0 atom stereocenters. The molecule has 0 spiro atoms. The molecule has 0 unspecified atom stereocenters. The summed E-state index contributed by atoms with van der Waals surface area (Å²) in [6.45, 7) is -0.217. The Bertz CT molecular complexity index is 622. The van der Waals surface area contributed by atoms with Gasteiger partial charge >= 0.3 is 44.4 Å². The Kier molecular flexibility index (Phi) is 6.95. The van der Waals surface area contributed by atoms with E-state index in [0.717, 1.165) is 0 Å². The molecule has 3 nitrogen and oxygen atoms in total. The fourth-order valence-electron chi connectivity index (χ4n) is 1.98. The fourth-order valence-corrected chi connectivity index (χ4v) is 5.60. The van der Waals surface area contributed by atoms with Crippen LogP contribution in [-0.4, -0.2) is 60.6 Å². The lowest BCUT2D eigenvalue weighted by molar-refractivity contribution is -0.269. The average molecular weight is 498 g/mol. The summed E-state index contributed by atoms with van der Waals surface area (Å²) in [5.41, 5.74) is 0. The maximum atomic E-state index is 13.3. The van der Waals surface area contributed by atoms with Crippen molar-refractivity contribution in [2.45, 2.75) is 49.3 Å². The SMILES string of the molecule is CC[Si](C(=O)C(F)(F)C(F)(F)F)(C(=O)C(F)(F)C(F)(F)F)C(=O)C(F)(F)C(F)(F)F. The second-order valence-electron chi connectivity index (χ2n) is 5.46. The van der Waals surface area contributed by atoms with Crippen molar-refractivity contribution in [2.75, 3.05) is 0 Å². The van der Waals surface area contributed by atoms with Crippen molar-refractivity contribution in [1.29, 1.82) is 0 Å². The molecular weight excluding hydrogens is 493 g/mol. The summed E-state index contributed by atoms with van der Waals surface area (Å²) in [6.07, 6.45) is -21.8. The number of rotatable bonds is 7. The third-order valence-electron chi connectivity index (χ3n) is 3.62. The molecule has 0 fully saturated rings. The third kappa shape index (κ3) is 4.03. The zero-order chi connectivity index (χ0) is 24.9. The van der Waals surface area contributed by atoms with Gasteiger partial charge in [0.1, 0.15) is 0 Å². The summed E-state index contributed by atoms with van der Waals surface area (Å²) in [4.78, 5) is 34.6. The van der Waals surface area contributed by atoms with Crippen molar-refractivity contribution in [1.82, 2.24) is 0 Å². The van der Waals surface area contributed by atoms with Gasteiger partial charge < -0.3 is 0 Å². The average Bonchev–Trinajstić information content (AvgIpc) is 2.51. The first-order valence-electron chi connectivity index (χ1n) is 6.76. The number of hydrogen-bond donors (Lipinski definition) is 0. The summed E-state index contributed by atoms with van der Waals surface area (Å²) < 4.78 is 191. The zero-order valence-corrected chi connectivity index (χ0v) is 14.6. The molecule has 176 valence electrons. The standard InChI is InChI=1S/C11H5F15O3Si/c1-2-30(3(27)6(12,13)9(18,19)20,4(28)7(14,15)10(21,22)23)5(29)8(16,17)11(24,25)26/h2H2,1H3.